The SMILES string of the molecule is C/C(=C\[C@H](C(C)C)N(C)C(=O)[C@@H](NC(=O)[C@@H](N(C)C(=O)OC(C)(C)C)C(C)(C)c1ccccc1)C(C)(C)C)C(=O)NS(=O)(=O)Cc1ccc(N)cc1. The molecule has 2 rings (SSSR count). The molecule has 2 aromatic carbocycles. The second-order valence-corrected chi connectivity index (χ2v) is 18.1. The quantitative estimate of drug-likeness (QED) is 0.182. The highest BCUT2D eigenvalue weighted by atomic mass is 32.2. The van der Waals surface area contributed by atoms with E-state index >= 15 is 0 Å². The van der Waals surface area contributed by atoms with Crippen LogP contribution < -0.4 is 15.8 Å². The number of carbonyl (C=O) groups is 4. The Kier molecular flexibility index (Phi) is 14.3. The van der Waals surface area contributed by atoms with E-state index in [0.29, 0.717) is 11.3 Å². The van der Waals surface area contributed by atoms with Gasteiger partial charge in [0.05, 0.1) is 11.8 Å². The minimum Gasteiger partial charge on any atom is -0.444 e. The maximum absolute atomic E-state index is 14.5. The highest BCUT2D eigenvalue weighted by Crippen LogP contribution is 2.32. The van der Waals surface area contributed by atoms with E-state index in [2.05, 4.69) is 10.0 Å². The van der Waals surface area contributed by atoms with Crippen molar-refractivity contribution in [3.05, 3.63) is 77.4 Å². The second-order valence-electron chi connectivity index (χ2n) is 16.4. The molecule has 4 N–H and O–H groups in total. The van der Waals surface area contributed by atoms with Crippen LogP contribution in [-0.2, 0) is 40.3 Å². The third-order valence-electron chi connectivity index (χ3n) is 8.76. The summed E-state index contributed by atoms with van der Waals surface area (Å²) in [5.41, 5.74) is 5.01. The molecule has 0 heterocycles. The Morgan fingerprint density at radius 3 is 1.88 bits per heavy atom. The number of nitrogen functional groups attached to an aromatic ring is 1. The number of amides is 4. The summed E-state index contributed by atoms with van der Waals surface area (Å²) in [5.74, 6) is -2.43. The van der Waals surface area contributed by atoms with Crippen LogP contribution in [0.2, 0.25) is 0 Å². The molecule has 13 heteroatoms. The summed E-state index contributed by atoms with van der Waals surface area (Å²) in [4.78, 5) is 58.0. The Balaban J connectivity index is 2.44. The number of nitrogens with zero attached hydrogens (tertiary/aromatic N) is 2. The lowest BCUT2D eigenvalue weighted by atomic mass is 9.76. The van der Waals surface area contributed by atoms with E-state index in [1.165, 1.54) is 23.8 Å². The zero-order chi connectivity index (χ0) is 40.0. The normalized spacial score (nSPS) is 14.5. The Morgan fingerprint density at radius 1 is 0.865 bits per heavy atom. The van der Waals surface area contributed by atoms with Crippen molar-refractivity contribution in [1.82, 2.24) is 19.8 Å². The maximum atomic E-state index is 14.5. The van der Waals surface area contributed by atoms with Gasteiger partial charge in [-0.25, -0.2) is 17.9 Å². The molecule has 0 aliphatic rings. The number of sulfonamides is 1. The van der Waals surface area contributed by atoms with Gasteiger partial charge in [0.15, 0.2) is 0 Å². The van der Waals surface area contributed by atoms with Gasteiger partial charge in [-0.3, -0.25) is 19.3 Å². The Bertz CT molecular complexity index is 1710. The van der Waals surface area contributed by atoms with Gasteiger partial charge >= 0.3 is 6.09 Å². The van der Waals surface area contributed by atoms with Gasteiger partial charge < -0.3 is 20.7 Å². The first-order chi connectivity index (χ1) is 23.7. The van der Waals surface area contributed by atoms with Crippen LogP contribution in [0.4, 0.5) is 10.5 Å². The van der Waals surface area contributed by atoms with Crippen LogP contribution in [0.15, 0.2) is 66.2 Å². The molecule has 0 saturated heterocycles. The summed E-state index contributed by atoms with van der Waals surface area (Å²) >= 11 is 0. The molecule has 0 fully saturated rings. The van der Waals surface area contributed by atoms with Gasteiger partial charge in [0.1, 0.15) is 17.7 Å². The summed E-state index contributed by atoms with van der Waals surface area (Å²) in [6.45, 7) is 19.6. The van der Waals surface area contributed by atoms with Crippen molar-refractivity contribution in [3.63, 3.8) is 0 Å². The lowest BCUT2D eigenvalue weighted by molar-refractivity contribution is -0.141. The van der Waals surface area contributed by atoms with Crippen molar-refractivity contribution < 1.29 is 32.3 Å². The van der Waals surface area contributed by atoms with Crippen LogP contribution in [0.3, 0.4) is 0 Å². The maximum Gasteiger partial charge on any atom is 0.410 e. The van der Waals surface area contributed by atoms with Gasteiger partial charge in [0, 0.05) is 30.8 Å². The number of nitrogens with two attached hydrogens (primary N) is 1. The van der Waals surface area contributed by atoms with Gasteiger partial charge in [0.25, 0.3) is 5.91 Å². The van der Waals surface area contributed by atoms with Gasteiger partial charge in [-0.05, 0) is 62.3 Å². The van der Waals surface area contributed by atoms with Crippen LogP contribution in [0.1, 0.15) is 87.3 Å². The van der Waals surface area contributed by atoms with E-state index in [4.69, 9.17) is 10.5 Å². The minimum atomic E-state index is -4.04. The minimum absolute atomic E-state index is 0.0965. The second kappa shape index (κ2) is 17.0. The molecule has 3 atom stereocenters. The summed E-state index contributed by atoms with van der Waals surface area (Å²) in [7, 11) is -0.955. The van der Waals surface area contributed by atoms with Crippen LogP contribution in [0.5, 0.6) is 0 Å². The first-order valence-electron chi connectivity index (χ1n) is 17.3. The van der Waals surface area contributed by atoms with Gasteiger partial charge in [-0.15, -0.1) is 0 Å². The van der Waals surface area contributed by atoms with Crippen molar-refractivity contribution >= 4 is 39.5 Å². The number of ether oxygens (including phenoxy) is 1. The number of anilines is 1. The van der Waals surface area contributed by atoms with E-state index < -0.39 is 74.1 Å². The highest BCUT2D eigenvalue weighted by molar-refractivity contribution is 7.89. The van der Waals surface area contributed by atoms with Crippen molar-refractivity contribution in [3.8, 4) is 0 Å². The monoisotopic (exact) mass is 741 g/mol. The molecule has 0 bridgehead atoms. The highest BCUT2D eigenvalue weighted by Gasteiger charge is 2.46. The van der Waals surface area contributed by atoms with Crippen molar-refractivity contribution in [2.75, 3.05) is 19.8 Å². The van der Waals surface area contributed by atoms with Crippen molar-refractivity contribution in [2.45, 2.75) is 111 Å². The lowest BCUT2D eigenvalue weighted by Crippen LogP contribution is -2.63. The Labute approximate surface area is 310 Å². The lowest BCUT2D eigenvalue weighted by Gasteiger charge is -2.42. The number of benzene rings is 2. The fourth-order valence-electron chi connectivity index (χ4n) is 5.85. The van der Waals surface area contributed by atoms with Gasteiger partial charge in [-0.2, -0.15) is 0 Å². The average Bonchev–Trinajstić information content (AvgIpc) is 3.01. The molecule has 0 radical (unpaired) electrons. The topological polar surface area (TPSA) is 168 Å². The molecule has 52 heavy (non-hydrogen) atoms. The molecular weight excluding hydrogens is 683 g/mol. The Morgan fingerprint density at radius 2 is 1.40 bits per heavy atom. The number of hydrogen-bond donors (Lipinski definition) is 3. The number of likely N-dealkylation sites (N-methyl/N-ethyl adjacent to an activating group) is 2. The fraction of sp³-hybridized carbons (Fsp3) is 0.538. The molecule has 2 aromatic rings. The first-order valence-corrected chi connectivity index (χ1v) is 19.0. The van der Waals surface area contributed by atoms with Crippen LogP contribution >= 0.6 is 0 Å². The summed E-state index contributed by atoms with van der Waals surface area (Å²) < 4.78 is 33.4. The molecule has 0 aliphatic carbocycles. The standard InChI is InChI=1S/C39H59N5O7S/c1-25(2)30(23-26(3)33(45)42-52(49,50)24-27-19-21-29(40)22-20-27)43(12)35(47)31(37(4,5)6)41-34(46)32(44(13)36(48)51-38(7,8)9)39(10,11)28-17-15-14-16-18-28/h14-23,25,30-32H,24,40H2,1-13H3,(H,41,46)(H,42,45)/b26-23+/t30-,31-,32-/m1/s1. The predicted molar refractivity (Wildman–Crippen MR) is 205 cm³/mol. The summed E-state index contributed by atoms with van der Waals surface area (Å²) in [5, 5.41) is 2.97. The molecule has 0 unspecified atom stereocenters. The summed E-state index contributed by atoms with van der Waals surface area (Å²) in [6.07, 6.45) is 0.858. The molecular formula is C39H59N5O7S. The van der Waals surface area contributed by atoms with E-state index in [1.54, 1.807) is 58.2 Å². The van der Waals surface area contributed by atoms with Crippen molar-refractivity contribution in [2.24, 2.45) is 11.3 Å². The smallest absolute Gasteiger partial charge is 0.410 e. The fourth-order valence-corrected chi connectivity index (χ4v) is 6.99. The molecule has 12 nitrogen and oxygen atoms in total. The average molecular weight is 742 g/mol. The molecule has 0 saturated carbocycles. The molecule has 288 valence electrons. The van der Waals surface area contributed by atoms with Crippen LogP contribution in [-0.4, -0.2) is 79.9 Å². The van der Waals surface area contributed by atoms with Crippen LogP contribution in [0.25, 0.3) is 0 Å². The van der Waals surface area contributed by atoms with Crippen LogP contribution in [0, 0.1) is 11.3 Å². The molecule has 0 aromatic heterocycles. The zero-order valence-corrected chi connectivity index (χ0v) is 33.8. The molecule has 4 amide bonds. The third-order valence-corrected chi connectivity index (χ3v) is 9.97. The van der Waals surface area contributed by atoms with E-state index in [1.807, 2.05) is 78.8 Å². The van der Waals surface area contributed by atoms with Gasteiger partial charge in [0.2, 0.25) is 21.8 Å². The van der Waals surface area contributed by atoms with E-state index in [-0.39, 0.29) is 11.5 Å². The Hall–Kier alpha value is -4.39. The number of carbonyl (C=O) groups excluding carboxylic acids is 4. The third kappa shape index (κ3) is 12.1. The van der Waals surface area contributed by atoms with Gasteiger partial charge in [-0.1, -0.05) is 97.0 Å². The number of hydrogen-bond acceptors (Lipinski definition) is 8. The largest absolute Gasteiger partial charge is 0.444 e. The predicted octanol–water partition coefficient (Wildman–Crippen LogP) is 5.39. The van der Waals surface area contributed by atoms with E-state index in [0.717, 1.165) is 5.56 Å². The number of nitrogens with one attached hydrogen (secondary N) is 2. The zero-order valence-electron chi connectivity index (χ0n) is 33.0. The number of rotatable bonds is 13. The summed E-state index contributed by atoms with van der Waals surface area (Å²) in [6, 6.07) is 12.8. The first kappa shape index (κ1) is 43.8. The molecule has 0 spiro atoms. The van der Waals surface area contributed by atoms with Crippen molar-refractivity contribution in [1.29, 1.82) is 0 Å². The molecule has 0 aliphatic heterocycles. The van der Waals surface area contributed by atoms with E-state index in [9.17, 15) is 27.6 Å².